The number of carbonyl (C=O) groups is 1. The SMILES string of the molecule is O=C(O)c1ccccc1NN=Cc1ccc(N2CCCC2)cc1. The highest BCUT2D eigenvalue weighted by atomic mass is 16.4. The minimum atomic E-state index is -0.974. The highest BCUT2D eigenvalue weighted by Crippen LogP contribution is 2.20. The third-order valence-corrected chi connectivity index (χ3v) is 3.92. The number of hydrazone groups is 1. The fourth-order valence-electron chi connectivity index (χ4n) is 2.69. The van der Waals surface area contributed by atoms with Crippen LogP contribution >= 0.6 is 0 Å². The van der Waals surface area contributed by atoms with E-state index in [1.165, 1.54) is 18.5 Å². The van der Waals surface area contributed by atoms with E-state index in [1.807, 2.05) is 12.1 Å². The number of nitrogens with one attached hydrogen (secondary N) is 1. The molecule has 2 aromatic rings. The third kappa shape index (κ3) is 3.69. The van der Waals surface area contributed by atoms with Gasteiger partial charge in [-0.3, -0.25) is 5.43 Å². The summed E-state index contributed by atoms with van der Waals surface area (Å²) in [6.45, 7) is 2.25. The largest absolute Gasteiger partial charge is 0.478 e. The number of rotatable bonds is 5. The van der Waals surface area contributed by atoms with Crippen molar-refractivity contribution in [2.75, 3.05) is 23.4 Å². The second-order valence-electron chi connectivity index (χ2n) is 5.51. The second kappa shape index (κ2) is 6.96. The fraction of sp³-hybridized carbons (Fsp3) is 0.222. The summed E-state index contributed by atoms with van der Waals surface area (Å²) in [4.78, 5) is 13.5. The maximum atomic E-state index is 11.1. The summed E-state index contributed by atoms with van der Waals surface area (Å²) in [5.41, 5.74) is 5.68. The van der Waals surface area contributed by atoms with E-state index in [1.54, 1.807) is 30.5 Å². The Labute approximate surface area is 135 Å². The molecule has 0 spiro atoms. The van der Waals surface area contributed by atoms with E-state index in [0.717, 1.165) is 18.7 Å². The first kappa shape index (κ1) is 15.1. The molecule has 0 aromatic heterocycles. The summed E-state index contributed by atoms with van der Waals surface area (Å²) >= 11 is 0. The summed E-state index contributed by atoms with van der Waals surface area (Å²) in [7, 11) is 0. The van der Waals surface area contributed by atoms with Crippen molar-refractivity contribution in [3.63, 3.8) is 0 Å². The summed E-state index contributed by atoms with van der Waals surface area (Å²) < 4.78 is 0. The van der Waals surface area contributed by atoms with Crippen molar-refractivity contribution in [3.05, 3.63) is 59.7 Å². The first-order valence-electron chi connectivity index (χ1n) is 7.70. The van der Waals surface area contributed by atoms with Crippen molar-refractivity contribution >= 4 is 23.6 Å². The van der Waals surface area contributed by atoms with Crippen LogP contribution in [0, 0.1) is 0 Å². The quantitative estimate of drug-likeness (QED) is 0.656. The average molecular weight is 309 g/mol. The Morgan fingerprint density at radius 2 is 1.78 bits per heavy atom. The number of aromatic carboxylic acids is 1. The standard InChI is InChI=1S/C18H19N3O2/c22-18(23)16-5-1-2-6-17(16)20-19-13-14-7-9-15(10-8-14)21-11-3-4-12-21/h1-2,5-10,13,20H,3-4,11-12H2,(H,22,23). The maximum Gasteiger partial charge on any atom is 0.337 e. The fourth-order valence-corrected chi connectivity index (χ4v) is 2.69. The Balaban J connectivity index is 1.65. The van der Waals surface area contributed by atoms with Crippen LogP contribution in [-0.2, 0) is 0 Å². The number of benzene rings is 2. The first-order chi connectivity index (χ1) is 11.2. The molecule has 1 fully saturated rings. The lowest BCUT2D eigenvalue weighted by atomic mass is 10.2. The van der Waals surface area contributed by atoms with Gasteiger partial charge in [-0.25, -0.2) is 4.79 Å². The molecule has 5 heteroatoms. The molecule has 5 nitrogen and oxygen atoms in total. The Kier molecular flexibility index (Phi) is 4.57. The minimum Gasteiger partial charge on any atom is -0.478 e. The Hall–Kier alpha value is -2.82. The number of hydrogen-bond acceptors (Lipinski definition) is 4. The zero-order valence-corrected chi connectivity index (χ0v) is 12.8. The number of nitrogens with zero attached hydrogens (tertiary/aromatic N) is 2. The van der Waals surface area contributed by atoms with Gasteiger partial charge in [0.25, 0.3) is 0 Å². The molecule has 0 aliphatic carbocycles. The van der Waals surface area contributed by atoms with Crippen molar-refractivity contribution in [2.24, 2.45) is 5.10 Å². The van der Waals surface area contributed by atoms with Crippen LogP contribution in [0.5, 0.6) is 0 Å². The second-order valence-corrected chi connectivity index (χ2v) is 5.51. The molecular formula is C18H19N3O2. The lowest BCUT2D eigenvalue weighted by Crippen LogP contribution is -2.17. The van der Waals surface area contributed by atoms with Crippen molar-refractivity contribution in [2.45, 2.75) is 12.8 Å². The molecule has 1 heterocycles. The number of carboxylic acids is 1. The average Bonchev–Trinajstić information content (AvgIpc) is 3.10. The summed E-state index contributed by atoms with van der Waals surface area (Å²) in [5, 5.41) is 13.3. The molecular weight excluding hydrogens is 290 g/mol. The zero-order chi connectivity index (χ0) is 16.1. The molecule has 2 aromatic carbocycles. The third-order valence-electron chi connectivity index (χ3n) is 3.92. The maximum absolute atomic E-state index is 11.1. The number of anilines is 2. The molecule has 0 saturated carbocycles. The van der Waals surface area contributed by atoms with Crippen molar-refractivity contribution in [3.8, 4) is 0 Å². The van der Waals surface area contributed by atoms with Gasteiger partial charge in [0.1, 0.15) is 0 Å². The van der Waals surface area contributed by atoms with Gasteiger partial charge in [-0.1, -0.05) is 24.3 Å². The van der Waals surface area contributed by atoms with Crippen molar-refractivity contribution < 1.29 is 9.90 Å². The Bertz CT molecular complexity index is 704. The lowest BCUT2D eigenvalue weighted by Gasteiger charge is -2.17. The summed E-state index contributed by atoms with van der Waals surface area (Å²) in [5.74, 6) is -0.974. The topological polar surface area (TPSA) is 64.9 Å². The van der Waals surface area contributed by atoms with Gasteiger partial charge in [0, 0.05) is 18.8 Å². The van der Waals surface area contributed by atoms with Gasteiger partial charge < -0.3 is 10.0 Å². The van der Waals surface area contributed by atoms with Gasteiger partial charge in [0.15, 0.2) is 0 Å². The Morgan fingerprint density at radius 1 is 1.09 bits per heavy atom. The lowest BCUT2D eigenvalue weighted by molar-refractivity contribution is 0.0698. The highest BCUT2D eigenvalue weighted by molar-refractivity contribution is 5.94. The molecule has 0 bridgehead atoms. The molecule has 0 unspecified atom stereocenters. The van der Waals surface area contributed by atoms with E-state index in [2.05, 4.69) is 27.6 Å². The highest BCUT2D eigenvalue weighted by Gasteiger charge is 2.11. The van der Waals surface area contributed by atoms with E-state index < -0.39 is 5.97 Å². The van der Waals surface area contributed by atoms with Crippen LogP contribution in [0.25, 0.3) is 0 Å². The van der Waals surface area contributed by atoms with Crippen LogP contribution in [0.1, 0.15) is 28.8 Å². The minimum absolute atomic E-state index is 0.203. The van der Waals surface area contributed by atoms with Gasteiger partial charge in [0.05, 0.1) is 17.5 Å². The monoisotopic (exact) mass is 309 g/mol. The molecule has 0 amide bonds. The molecule has 1 aliphatic heterocycles. The van der Waals surface area contributed by atoms with E-state index in [9.17, 15) is 4.79 Å². The van der Waals surface area contributed by atoms with Gasteiger partial charge >= 0.3 is 5.97 Å². The summed E-state index contributed by atoms with van der Waals surface area (Å²) in [6, 6.07) is 14.9. The van der Waals surface area contributed by atoms with Crippen molar-refractivity contribution in [1.82, 2.24) is 0 Å². The zero-order valence-electron chi connectivity index (χ0n) is 12.8. The van der Waals surface area contributed by atoms with E-state index >= 15 is 0 Å². The molecule has 1 aliphatic rings. The molecule has 23 heavy (non-hydrogen) atoms. The van der Waals surface area contributed by atoms with Crippen LogP contribution in [0.2, 0.25) is 0 Å². The van der Waals surface area contributed by atoms with Crippen LogP contribution < -0.4 is 10.3 Å². The van der Waals surface area contributed by atoms with Crippen LogP contribution in [0.3, 0.4) is 0 Å². The number of carboxylic acid groups (broad SMARTS) is 1. The van der Waals surface area contributed by atoms with Crippen molar-refractivity contribution in [1.29, 1.82) is 0 Å². The van der Waals surface area contributed by atoms with E-state index in [4.69, 9.17) is 5.11 Å². The predicted molar refractivity (Wildman–Crippen MR) is 92.5 cm³/mol. The Morgan fingerprint density at radius 3 is 2.48 bits per heavy atom. The molecule has 2 N–H and O–H groups in total. The normalized spacial score (nSPS) is 14.3. The molecule has 3 rings (SSSR count). The van der Waals surface area contributed by atoms with Gasteiger partial charge in [-0.2, -0.15) is 5.10 Å². The number of para-hydroxylation sites is 1. The van der Waals surface area contributed by atoms with Crippen LogP contribution in [0.4, 0.5) is 11.4 Å². The van der Waals surface area contributed by atoms with Gasteiger partial charge in [-0.15, -0.1) is 0 Å². The van der Waals surface area contributed by atoms with E-state index in [-0.39, 0.29) is 5.56 Å². The predicted octanol–water partition coefficient (Wildman–Crippen LogP) is 3.43. The molecule has 1 saturated heterocycles. The smallest absolute Gasteiger partial charge is 0.337 e. The van der Waals surface area contributed by atoms with Crippen LogP contribution in [-0.4, -0.2) is 30.4 Å². The number of hydrogen-bond donors (Lipinski definition) is 2. The van der Waals surface area contributed by atoms with E-state index in [0.29, 0.717) is 5.69 Å². The van der Waals surface area contributed by atoms with Crippen LogP contribution in [0.15, 0.2) is 53.6 Å². The molecule has 118 valence electrons. The van der Waals surface area contributed by atoms with Gasteiger partial charge in [-0.05, 0) is 42.7 Å². The molecule has 0 atom stereocenters. The molecule has 0 radical (unpaired) electrons. The van der Waals surface area contributed by atoms with Gasteiger partial charge in [0.2, 0.25) is 0 Å². The summed E-state index contributed by atoms with van der Waals surface area (Å²) in [6.07, 6.45) is 4.21. The first-order valence-corrected chi connectivity index (χ1v) is 7.70.